The fraction of sp³-hybridized carbons (Fsp3) is 0.316. The van der Waals surface area contributed by atoms with Gasteiger partial charge in [-0.25, -0.2) is 18.0 Å². The summed E-state index contributed by atoms with van der Waals surface area (Å²) < 4.78 is 80.9. The number of hydrogen-bond donors (Lipinski definition) is 0. The Bertz CT molecular complexity index is 835. The molecule has 9 heteroatoms. The predicted octanol–water partition coefficient (Wildman–Crippen LogP) is 5.67. The molecule has 0 radical (unpaired) electrons. The Hall–Kier alpha value is -2.84. The van der Waals surface area contributed by atoms with E-state index in [2.05, 4.69) is 4.74 Å². The Balaban J connectivity index is 1.64. The van der Waals surface area contributed by atoms with Crippen molar-refractivity contribution in [1.82, 2.24) is 0 Å². The molecule has 150 valence electrons. The first kappa shape index (κ1) is 19.9. The molecule has 28 heavy (non-hydrogen) atoms. The second-order valence-corrected chi connectivity index (χ2v) is 6.20. The molecule has 1 aliphatic rings. The summed E-state index contributed by atoms with van der Waals surface area (Å²) in [7, 11) is 0. The quantitative estimate of drug-likeness (QED) is 0.217. The third-order valence-electron chi connectivity index (χ3n) is 4.23. The van der Waals surface area contributed by atoms with Gasteiger partial charge in [0.15, 0.2) is 0 Å². The molecule has 0 spiro atoms. The zero-order chi connectivity index (χ0) is 20.3. The molecule has 0 amide bonds. The van der Waals surface area contributed by atoms with Crippen molar-refractivity contribution < 1.29 is 41.0 Å². The summed E-state index contributed by atoms with van der Waals surface area (Å²) in [5, 5.41) is 0. The Morgan fingerprint density at radius 1 is 0.714 bits per heavy atom. The van der Waals surface area contributed by atoms with Gasteiger partial charge in [0.05, 0.1) is 6.10 Å². The molecular weight excluding hydrogens is 387 g/mol. The number of carbonyl (C=O) groups is 1. The molecule has 1 fully saturated rings. The molecule has 0 heterocycles. The second kappa shape index (κ2) is 8.45. The summed E-state index contributed by atoms with van der Waals surface area (Å²) in [6.45, 7) is 0. The van der Waals surface area contributed by atoms with Crippen molar-refractivity contribution in [2.75, 3.05) is 0 Å². The fourth-order valence-electron chi connectivity index (χ4n) is 2.84. The van der Waals surface area contributed by atoms with E-state index in [1.807, 2.05) is 0 Å². The zero-order valence-electron chi connectivity index (χ0n) is 14.4. The van der Waals surface area contributed by atoms with Gasteiger partial charge in [-0.05, 0) is 49.9 Å². The van der Waals surface area contributed by atoms with Crippen LogP contribution in [0.3, 0.4) is 0 Å². The van der Waals surface area contributed by atoms with Crippen LogP contribution in [0.1, 0.15) is 32.1 Å². The zero-order valence-corrected chi connectivity index (χ0v) is 14.4. The Labute approximate surface area is 156 Å². The number of halogens is 5. The lowest BCUT2D eigenvalue weighted by Crippen LogP contribution is -2.19. The van der Waals surface area contributed by atoms with Gasteiger partial charge in [0.1, 0.15) is 11.5 Å². The molecule has 0 atom stereocenters. The topological polar surface area (TPSA) is 44.8 Å². The van der Waals surface area contributed by atoms with Gasteiger partial charge in [-0.3, -0.25) is 0 Å². The molecule has 0 saturated heterocycles. The maximum absolute atomic E-state index is 13.5. The molecule has 0 bridgehead atoms. The standard InChI is InChI=1S/C19H15F5O4/c20-13-14(21)16(23)18(17(24)15(13)22)28-19(25)27-12-8-6-11(7-9-12)26-10-4-2-1-3-5-10/h6-10H,1-5H2. The number of ether oxygens (including phenoxy) is 3. The summed E-state index contributed by atoms with van der Waals surface area (Å²) in [5.74, 6) is -12.6. The van der Waals surface area contributed by atoms with Crippen LogP contribution in [0.2, 0.25) is 0 Å². The number of rotatable bonds is 4. The third kappa shape index (κ3) is 4.35. The van der Waals surface area contributed by atoms with Crippen molar-refractivity contribution in [3.63, 3.8) is 0 Å². The minimum absolute atomic E-state index is 0.0649. The van der Waals surface area contributed by atoms with Crippen LogP contribution in [0.5, 0.6) is 17.2 Å². The van der Waals surface area contributed by atoms with Gasteiger partial charge in [-0.1, -0.05) is 6.42 Å². The summed E-state index contributed by atoms with van der Waals surface area (Å²) >= 11 is 0. The highest BCUT2D eigenvalue weighted by atomic mass is 19.2. The Kier molecular flexibility index (Phi) is 6.01. The van der Waals surface area contributed by atoms with E-state index in [0.717, 1.165) is 25.7 Å². The molecule has 1 aliphatic carbocycles. The van der Waals surface area contributed by atoms with Crippen molar-refractivity contribution in [2.24, 2.45) is 0 Å². The first-order valence-corrected chi connectivity index (χ1v) is 8.54. The van der Waals surface area contributed by atoms with Gasteiger partial charge in [-0.2, -0.15) is 8.78 Å². The van der Waals surface area contributed by atoms with Gasteiger partial charge >= 0.3 is 6.16 Å². The van der Waals surface area contributed by atoms with Crippen molar-refractivity contribution in [1.29, 1.82) is 0 Å². The molecule has 4 nitrogen and oxygen atoms in total. The predicted molar refractivity (Wildman–Crippen MR) is 86.8 cm³/mol. The molecule has 2 aromatic carbocycles. The molecule has 0 N–H and O–H groups in total. The Morgan fingerprint density at radius 3 is 1.79 bits per heavy atom. The minimum Gasteiger partial charge on any atom is -0.490 e. The lowest BCUT2D eigenvalue weighted by atomic mass is 9.98. The molecule has 0 unspecified atom stereocenters. The van der Waals surface area contributed by atoms with E-state index in [4.69, 9.17) is 9.47 Å². The average Bonchev–Trinajstić information content (AvgIpc) is 2.70. The number of benzene rings is 2. The van der Waals surface area contributed by atoms with Crippen molar-refractivity contribution in [3.05, 3.63) is 53.4 Å². The van der Waals surface area contributed by atoms with E-state index < -0.39 is 41.0 Å². The van der Waals surface area contributed by atoms with Gasteiger partial charge in [0.25, 0.3) is 0 Å². The highest BCUT2D eigenvalue weighted by Gasteiger charge is 2.29. The first-order chi connectivity index (χ1) is 13.4. The highest BCUT2D eigenvalue weighted by molar-refractivity contribution is 5.67. The molecular formula is C19H15F5O4. The van der Waals surface area contributed by atoms with Crippen LogP contribution in [0.15, 0.2) is 24.3 Å². The normalized spacial score (nSPS) is 14.6. The van der Waals surface area contributed by atoms with Crippen LogP contribution in [0.4, 0.5) is 26.7 Å². The minimum atomic E-state index is -2.36. The van der Waals surface area contributed by atoms with E-state index >= 15 is 0 Å². The summed E-state index contributed by atoms with van der Waals surface area (Å²) in [5.41, 5.74) is 0. The number of carbonyl (C=O) groups excluding carboxylic acids is 1. The molecule has 0 aliphatic heterocycles. The number of hydrogen-bond acceptors (Lipinski definition) is 4. The van der Waals surface area contributed by atoms with E-state index in [1.54, 1.807) is 0 Å². The summed E-state index contributed by atoms with van der Waals surface area (Å²) in [6, 6.07) is 5.74. The molecule has 3 rings (SSSR count). The molecule has 1 saturated carbocycles. The molecule has 2 aromatic rings. The van der Waals surface area contributed by atoms with Gasteiger partial charge in [0.2, 0.25) is 34.8 Å². The van der Waals surface area contributed by atoms with Crippen LogP contribution in [-0.4, -0.2) is 12.3 Å². The Morgan fingerprint density at radius 2 is 1.21 bits per heavy atom. The van der Waals surface area contributed by atoms with Crippen LogP contribution >= 0.6 is 0 Å². The van der Waals surface area contributed by atoms with E-state index in [-0.39, 0.29) is 11.9 Å². The summed E-state index contributed by atoms with van der Waals surface area (Å²) in [6.07, 6.45) is 3.71. The van der Waals surface area contributed by atoms with Crippen LogP contribution in [0.25, 0.3) is 0 Å². The van der Waals surface area contributed by atoms with Crippen molar-refractivity contribution >= 4 is 6.16 Å². The second-order valence-electron chi connectivity index (χ2n) is 6.20. The lowest BCUT2D eigenvalue weighted by Gasteiger charge is -2.22. The molecule has 0 aromatic heterocycles. The van der Waals surface area contributed by atoms with Crippen molar-refractivity contribution in [2.45, 2.75) is 38.2 Å². The van der Waals surface area contributed by atoms with Gasteiger partial charge in [-0.15, -0.1) is 0 Å². The van der Waals surface area contributed by atoms with Crippen LogP contribution in [-0.2, 0) is 0 Å². The van der Waals surface area contributed by atoms with Gasteiger partial charge < -0.3 is 14.2 Å². The van der Waals surface area contributed by atoms with Crippen molar-refractivity contribution in [3.8, 4) is 17.2 Å². The lowest BCUT2D eigenvalue weighted by molar-refractivity contribution is 0.145. The van der Waals surface area contributed by atoms with Gasteiger partial charge in [0, 0.05) is 0 Å². The smallest absolute Gasteiger partial charge is 0.490 e. The van der Waals surface area contributed by atoms with Crippen LogP contribution < -0.4 is 14.2 Å². The maximum Gasteiger partial charge on any atom is 0.519 e. The summed E-state index contributed by atoms with van der Waals surface area (Å²) in [4.78, 5) is 11.6. The van der Waals surface area contributed by atoms with Crippen LogP contribution in [0, 0.1) is 29.1 Å². The fourth-order valence-corrected chi connectivity index (χ4v) is 2.84. The van der Waals surface area contributed by atoms with E-state index in [1.165, 1.54) is 30.7 Å². The highest BCUT2D eigenvalue weighted by Crippen LogP contribution is 2.30. The first-order valence-electron chi connectivity index (χ1n) is 8.54. The SMILES string of the molecule is O=C(Oc1ccc(OC2CCCCC2)cc1)Oc1c(F)c(F)c(F)c(F)c1F. The third-order valence-corrected chi connectivity index (χ3v) is 4.23. The maximum atomic E-state index is 13.5. The van der Waals surface area contributed by atoms with E-state index in [0.29, 0.717) is 5.75 Å². The monoisotopic (exact) mass is 402 g/mol. The largest absolute Gasteiger partial charge is 0.519 e. The average molecular weight is 402 g/mol. The van der Waals surface area contributed by atoms with E-state index in [9.17, 15) is 26.7 Å².